The summed E-state index contributed by atoms with van der Waals surface area (Å²) in [5.41, 5.74) is 2.48. The van der Waals surface area contributed by atoms with E-state index in [2.05, 4.69) is 25.8 Å². The number of pyridine rings is 1. The van der Waals surface area contributed by atoms with Gasteiger partial charge in [-0.1, -0.05) is 35.5 Å². The van der Waals surface area contributed by atoms with Crippen molar-refractivity contribution in [3.63, 3.8) is 0 Å². The minimum Gasteiger partial charge on any atom is -0.325 e. The molecule has 0 unspecified atom stereocenters. The van der Waals surface area contributed by atoms with Crippen LogP contribution in [0.2, 0.25) is 5.02 Å². The predicted octanol–water partition coefficient (Wildman–Crippen LogP) is 5.00. The summed E-state index contributed by atoms with van der Waals surface area (Å²) in [5.74, 6) is 0.416. The normalized spacial score (nSPS) is 10.6. The Hall–Kier alpha value is -3.69. The lowest BCUT2D eigenvalue weighted by atomic mass is 10.2. The molecule has 0 saturated heterocycles. The van der Waals surface area contributed by atoms with Gasteiger partial charge in [-0.05, 0) is 55.5 Å². The van der Waals surface area contributed by atoms with Crippen LogP contribution < -0.4 is 10.6 Å². The lowest BCUT2D eigenvalue weighted by molar-refractivity contribution is -0.113. The van der Waals surface area contributed by atoms with Gasteiger partial charge < -0.3 is 15.2 Å². The van der Waals surface area contributed by atoms with Crippen molar-refractivity contribution >= 4 is 46.6 Å². The number of rotatable bonds is 8. The second-order valence-corrected chi connectivity index (χ2v) is 8.49. The molecule has 0 atom stereocenters. The average Bonchev–Trinajstić information content (AvgIpc) is 3.28. The molecule has 2 aromatic heterocycles. The largest absolute Gasteiger partial charge is 0.325 e. The molecular formula is C24H21ClN6O2S. The van der Waals surface area contributed by atoms with Crippen LogP contribution in [0, 0.1) is 0 Å². The minimum atomic E-state index is -0.301. The van der Waals surface area contributed by atoms with Crippen molar-refractivity contribution in [1.29, 1.82) is 0 Å². The summed E-state index contributed by atoms with van der Waals surface area (Å²) in [6, 6.07) is 17.5. The predicted molar refractivity (Wildman–Crippen MR) is 134 cm³/mol. The van der Waals surface area contributed by atoms with E-state index in [0.29, 0.717) is 39.5 Å². The van der Waals surface area contributed by atoms with E-state index < -0.39 is 0 Å². The number of thioether (sulfide) groups is 1. The molecule has 2 amide bonds. The van der Waals surface area contributed by atoms with Crippen LogP contribution in [0.15, 0.2) is 78.2 Å². The fraction of sp³-hybridized carbons (Fsp3) is 0.125. The zero-order valence-electron chi connectivity index (χ0n) is 18.2. The Morgan fingerprint density at radius 3 is 2.38 bits per heavy atom. The van der Waals surface area contributed by atoms with Crippen LogP contribution in [0.1, 0.15) is 17.3 Å². The Labute approximate surface area is 205 Å². The van der Waals surface area contributed by atoms with Crippen LogP contribution >= 0.6 is 23.4 Å². The number of benzene rings is 2. The number of anilines is 2. The number of hydrogen-bond donors (Lipinski definition) is 2. The fourth-order valence-electron chi connectivity index (χ4n) is 3.20. The van der Waals surface area contributed by atoms with E-state index in [4.69, 9.17) is 11.6 Å². The van der Waals surface area contributed by atoms with Gasteiger partial charge in [0.15, 0.2) is 11.0 Å². The second-order valence-electron chi connectivity index (χ2n) is 7.14. The highest BCUT2D eigenvalue weighted by molar-refractivity contribution is 7.99. The Balaban J connectivity index is 1.33. The monoisotopic (exact) mass is 492 g/mol. The van der Waals surface area contributed by atoms with E-state index >= 15 is 0 Å². The van der Waals surface area contributed by atoms with Gasteiger partial charge in [-0.3, -0.25) is 14.6 Å². The maximum absolute atomic E-state index is 12.5. The SMILES string of the molecule is CCn1c(SCC(=O)Nc2ccc(NC(=O)c3ccccc3Cl)cc2)nnc1-c1cccnc1. The van der Waals surface area contributed by atoms with Gasteiger partial charge in [0, 0.05) is 35.9 Å². The Morgan fingerprint density at radius 2 is 1.71 bits per heavy atom. The van der Waals surface area contributed by atoms with Crippen molar-refractivity contribution in [2.45, 2.75) is 18.6 Å². The van der Waals surface area contributed by atoms with E-state index in [1.165, 1.54) is 11.8 Å². The lowest BCUT2D eigenvalue weighted by Crippen LogP contribution is -2.15. The van der Waals surface area contributed by atoms with Crippen LogP contribution in [0.25, 0.3) is 11.4 Å². The van der Waals surface area contributed by atoms with E-state index in [-0.39, 0.29) is 17.6 Å². The molecular weight excluding hydrogens is 472 g/mol. The summed E-state index contributed by atoms with van der Waals surface area (Å²) in [5, 5.41) is 15.2. The summed E-state index contributed by atoms with van der Waals surface area (Å²) in [6.07, 6.45) is 3.44. The van der Waals surface area contributed by atoms with Crippen LogP contribution in [-0.4, -0.2) is 37.3 Å². The number of nitrogens with one attached hydrogen (secondary N) is 2. The Morgan fingerprint density at radius 1 is 0.971 bits per heavy atom. The van der Waals surface area contributed by atoms with Crippen molar-refractivity contribution < 1.29 is 9.59 Å². The quantitative estimate of drug-likeness (QED) is 0.336. The molecule has 0 aliphatic carbocycles. The van der Waals surface area contributed by atoms with E-state index in [1.807, 2.05) is 23.6 Å². The van der Waals surface area contributed by atoms with Gasteiger partial charge in [-0.25, -0.2) is 0 Å². The van der Waals surface area contributed by atoms with E-state index in [9.17, 15) is 9.59 Å². The van der Waals surface area contributed by atoms with Crippen LogP contribution in [0.4, 0.5) is 11.4 Å². The molecule has 0 aliphatic rings. The smallest absolute Gasteiger partial charge is 0.257 e. The maximum atomic E-state index is 12.5. The van der Waals surface area contributed by atoms with Crippen molar-refractivity contribution in [1.82, 2.24) is 19.7 Å². The highest BCUT2D eigenvalue weighted by Gasteiger charge is 2.15. The van der Waals surface area contributed by atoms with E-state index in [0.717, 1.165) is 5.56 Å². The van der Waals surface area contributed by atoms with Crippen LogP contribution in [-0.2, 0) is 11.3 Å². The summed E-state index contributed by atoms with van der Waals surface area (Å²) in [4.78, 5) is 29.0. The number of amides is 2. The average molecular weight is 493 g/mol. The zero-order valence-corrected chi connectivity index (χ0v) is 19.8. The Kier molecular flexibility index (Phi) is 7.56. The van der Waals surface area contributed by atoms with Gasteiger partial charge in [-0.15, -0.1) is 10.2 Å². The molecule has 0 saturated carbocycles. The molecule has 4 rings (SSSR count). The summed E-state index contributed by atoms with van der Waals surface area (Å²) >= 11 is 7.38. The third kappa shape index (κ3) is 5.62. The molecule has 2 aromatic carbocycles. The molecule has 10 heteroatoms. The van der Waals surface area contributed by atoms with Crippen molar-refractivity contribution in [3.8, 4) is 11.4 Å². The maximum Gasteiger partial charge on any atom is 0.257 e. The van der Waals surface area contributed by atoms with Gasteiger partial charge in [-0.2, -0.15) is 0 Å². The summed E-state index contributed by atoms with van der Waals surface area (Å²) in [7, 11) is 0. The number of halogens is 1. The van der Waals surface area contributed by atoms with Crippen molar-refractivity contribution in [2.24, 2.45) is 0 Å². The van der Waals surface area contributed by atoms with Gasteiger partial charge in [0.05, 0.1) is 16.3 Å². The second kappa shape index (κ2) is 11.0. The van der Waals surface area contributed by atoms with Gasteiger partial charge >= 0.3 is 0 Å². The molecule has 2 heterocycles. The standard InChI is InChI=1S/C24H21ClN6O2S/c1-2-31-22(16-6-5-13-26-14-16)29-30-24(31)34-15-21(32)27-17-9-11-18(12-10-17)28-23(33)19-7-3-4-8-20(19)25/h3-14H,2,15H2,1H3,(H,27,32)(H,28,33). The van der Waals surface area contributed by atoms with Crippen LogP contribution in [0.3, 0.4) is 0 Å². The minimum absolute atomic E-state index is 0.175. The van der Waals surface area contributed by atoms with Gasteiger partial charge in [0.2, 0.25) is 5.91 Å². The molecule has 2 N–H and O–H groups in total. The first kappa shape index (κ1) is 23.5. The van der Waals surface area contributed by atoms with Gasteiger partial charge in [0.1, 0.15) is 0 Å². The highest BCUT2D eigenvalue weighted by atomic mass is 35.5. The first-order valence-electron chi connectivity index (χ1n) is 10.5. The number of aromatic nitrogens is 4. The lowest BCUT2D eigenvalue weighted by Gasteiger charge is -2.09. The number of carbonyl (C=O) groups is 2. The molecule has 0 spiro atoms. The molecule has 172 valence electrons. The van der Waals surface area contributed by atoms with Crippen molar-refractivity contribution in [3.05, 3.63) is 83.6 Å². The summed E-state index contributed by atoms with van der Waals surface area (Å²) in [6.45, 7) is 2.67. The van der Waals surface area contributed by atoms with Gasteiger partial charge in [0.25, 0.3) is 5.91 Å². The molecule has 0 fully saturated rings. The molecule has 34 heavy (non-hydrogen) atoms. The first-order chi connectivity index (χ1) is 16.5. The number of carbonyl (C=O) groups excluding carboxylic acids is 2. The molecule has 0 aliphatic heterocycles. The first-order valence-corrected chi connectivity index (χ1v) is 11.8. The molecule has 0 bridgehead atoms. The van der Waals surface area contributed by atoms with Crippen molar-refractivity contribution in [2.75, 3.05) is 16.4 Å². The highest BCUT2D eigenvalue weighted by Crippen LogP contribution is 2.24. The third-order valence-corrected chi connectivity index (χ3v) is 6.13. The summed E-state index contributed by atoms with van der Waals surface area (Å²) < 4.78 is 1.95. The van der Waals surface area contributed by atoms with Crippen LogP contribution in [0.5, 0.6) is 0 Å². The topological polar surface area (TPSA) is 102 Å². The molecule has 0 radical (unpaired) electrons. The van der Waals surface area contributed by atoms with E-state index in [1.54, 1.807) is 60.9 Å². The Bertz CT molecular complexity index is 1290. The zero-order chi connectivity index (χ0) is 23.9. The molecule has 8 nitrogen and oxygen atoms in total. The third-order valence-electron chi connectivity index (χ3n) is 4.83. The molecule has 4 aromatic rings. The fourth-order valence-corrected chi connectivity index (χ4v) is 4.22. The number of hydrogen-bond acceptors (Lipinski definition) is 6. The number of nitrogens with zero attached hydrogens (tertiary/aromatic N) is 4.